The number of pyridine rings is 2. The average molecular weight is 525 g/mol. The molecule has 0 saturated carbocycles. The quantitative estimate of drug-likeness (QED) is 0.360. The molecule has 38 heavy (non-hydrogen) atoms. The van der Waals surface area contributed by atoms with E-state index >= 15 is 0 Å². The van der Waals surface area contributed by atoms with Gasteiger partial charge in [0.25, 0.3) is 0 Å². The third-order valence-electron chi connectivity index (χ3n) is 7.53. The number of anilines is 1. The molecule has 7 nitrogen and oxygen atoms in total. The number of thiocarbonyl (C=S) groups is 1. The van der Waals surface area contributed by atoms with Gasteiger partial charge in [-0.1, -0.05) is 12.1 Å². The van der Waals surface area contributed by atoms with Gasteiger partial charge in [-0.25, -0.2) is 0 Å². The molecular weight excluding hydrogens is 492 g/mol. The van der Waals surface area contributed by atoms with Crippen molar-refractivity contribution in [1.82, 2.24) is 24.8 Å². The highest BCUT2D eigenvalue weighted by molar-refractivity contribution is 7.80. The third kappa shape index (κ3) is 4.66. The van der Waals surface area contributed by atoms with Crippen LogP contribution in [0.1, 0.15) is 40.4 Å². The van der Waals surface area contributed by atoms with E-state index in [1.165, 1.54) is 22.6 Å². The lowest BCUT2D eigenvalue weighted by Gasteiger charge is -2.29. The van der Waals surface area contributed by atoms with Crippen LogP contribution >= 0.6 is 12.2 Å². The standard InChI is InChI=1S/C30H32N6OS/c1-21-19-26(22(2)36(21)25-11-9-24(10-12-25)34-15-17-37-18-16-34)29-28(27-8-4-6-14-32-27)33-30(38)35(29)20-23-7-3-5-13-31-23/h3-14,19,28-29H,15-18,20H2,1-2H3,(H,33,38)/t28-,29-/m1/s1. The maximum Gasteiger partial charge on any atom is 0.170 e. The van der Waals surface area contributed by atoms with Crippen molar-refractivity contribution in [3.63, 3.8) is 0 Å². The number of ether oxygens (including phenoxy) is 1. The van der Waals surface area contributed by atoms with Crippen LogP contribution in [0, 0.1) is 13.8 Å². The molecule has 2 saturated heterocycles. The van der Waals surface area contributed by atoms with Gasteiger partial charge in [-0.15, -0.1) is 0 Å². The highest BCUT2D eigenvalue weighted by Crippen LogP contribution is 2.42. The zero-order valence-electron chi connectivity index (χ0n) is 21.7. The number of rotatable bonds is 6. The Kier molecular flexibility index (Phi) is 6.82. The van der Waals surface area contributed by atoms with Gasteiger partial charge in [0.2, 0.25) is 0 Å². The van der Waals surface area contributed by atoms with E-state index in [1.54, 1.807) is 0 Å². The second-order valence-electron chi connectivity index (χ2n) is 9.85. The SMILES string of the molecule is Cc1cc([C@@H]2[C@@H](c3ccccn3)NC(=S)N2Cc2ccccn2)c(C)n1-c1ccc(N2CCOCC2)cc1. The molecule has 0 radical (unpaired) electrons. The number of hydrogen-bond acceptors (Lipinski definition) is 5. The monoisotopic (exact) mass is 524 g/mol. The van der Waals surface area contributed by atoms with Crippen LogP contribution in [0.25, 0.3) is 5.69 Å². The van der Waals surface area contributed by atoms with Gasteiger partial charge in [-0.3, -0.25) is 9.97 Å². The van der Waals surface area contributed by atoms with E-state index in [1.807, 2.05) is 42.7 Å². The summed E-state index contributed by atoms with van der Waals surface area (Å²) in [4.78, 5) is 13.9. The van der Waals surface area contributed by atoms with E-state index in [-0.39, 0.29) is 12.1 Å². The zero-order chi connectivity index (χ0) is 26.1. The lowest BCUT2D eigenvalue weighted by atomic mass is 9.96. The smallest absolute Gasteiger partial charge is 0.170 e. The summed E-state index contributed by atoms with van der Waals surface area (Å²) in [5.74, 6) is 0. The summed E-state index contributed by atoms with van der Waals surface area (Å²) in [6.45, 7) is 8.43. The number of aromatic nitrogens is 3. The first-order valence-corrected chi connectivity index (χ1v) is 13.5. The summed E-state index contributed by atoms with van der Waals surface area (Å²) in [7, 11) is 0. The third-order valence-corrected chi connectivity index (χ3v) is 7.88. The molecule has 1 aromatic carbocycles. The Balaban J connectivity index is 1.38. The molecule has 194 valence electrons. The average Bonchev–Trinajstić information content (AvgIpc) is 3.44. The molecule has 8 heteroatoms. The molecule has 6 rings (SSSR count). The van der Waals surface area contributed by atoms with Gasteiger partial charge in [-0.2, -0.15) is 0 Å². The van der Waals surface area contributed by atoms with Crippen LogP contribution in [-0.2, 0) is 11.3 Å². The molecule has 1 N–H and O–H groups in total. The minimum atomic E-state index is -0.0648. The summed E-state index contributed by atoms with van der Waals surface area (Å²) < 4.78 is 7.86. The van der Waals surface area contributed by atoms with Crippen molar-refractivity contribution in [2.75, 3.05) is 31.2 Å². The van der Waals surface area contributed by atoms with Crippen molar-refractivity contribution < 1.29 is 4.74 Å². The fraction of sp³-hybridized carbons (Fsp3) is 0.300. The van der Waals surface area contributed by atoms with Crippen LogP contribution in [0.2, 0.25) is 0 Å². The fourth-order valence-electron chi connectivity index (χ4n) is 5.70. The lowest BCUT2D eigenvalue weighted by molar-refractivity contribution is 0.122. The van der Waals surface area contributed by atoms with Crippen molar-refractivity contribution >= 4 is 23.0 Å². The topological polar surface area (TPSA) is 58.5 Å². The largest absolute Gasteiger partial charge is 0.378 e. The van der Waals surface area contributed by atoms with Crippen LogP contribution in [-0.4, -0.2) is 50.9 Å². The number of hydrogen-bond donors (Lipinski definition) is 1. The van der Waals surface area contributed by atoms with Gasteiger partial charge in [0.15, 0.2) is 5.11 Å². The van der Waals surface area contributed by atoms with Gasteiger partial charge in [0, 0.05) is 48.2 Å². The van der Waals surface area contributed by atoms with E-state index in [9.17, 15) is 0 Å². The summed E-state index contributed by atoms with van der Waals surface area (Å²) in [6.07, 6.45) is 3.68. The molecule has 2 fully saturated rings. The van der Waals surface area contributed by atoms with Gasteiger partial charge >= 0.3 is 0 Å². The van der Waals surface area contributed by atoms with Crippen LogP contribution in [0.3, 0.4) is 0 Å². The normalized spacial score (nSPS) is 19.6. The van der Waals surface area contributed by atoms with E-state index in [2.05, 4.69) is 74.9 Å². The molecule has 2 aliphatic heterocycles. The molecule has 2 atom stereocenters. The first-order valence-electron chi connectivity index (χ1n) is 13.1. The molecule has 5 heterocycles. The highest BCUT2D eigenvalue weighted by Gasteiger charge is 2.41. The maximum absolute atomic E-state index is 5.89. The molecule has 2 aliphatic rings. The first kappa shape index (κ1) is 24.6. The van der Waals surface area contributed by atoms with Crippen LogP contribution in [0.5, 0.6) is 0 Å². The van der Waals surface area contributed by atoms with E-state index in [0.29, 0.717) is 6.54 Å². The van der Waals surface area contributed by atoms with Gasteiger partial charge < -0.3 is 24.4 Å². The van der Waals surface area contributed by atoms with Crippen molar-refractivity contribution in [2.24, 2.45) is 0 Å². The molecule has 0 spiro atoms. The van der Waals surface area contributed by atoms with E-state index in [0.717, 1.165) is 48.5 Å². The Morgan fingerprint density at radius 1 is 0.921 bits per heavy atom. The molecule has 0 bridgehead atoms. The maximum atomic E-state index is 5.89. The van der Waals surface area contributed by atoms with Gasteiger partial charge in [-0.05, 0) is 86.2 Å². The predicted molar refractivity (Wildman–Crippen MR) is 154 cm³/mol. The number of morpholine rings is 1. The van der Waals surface area contributed by atoms with Crippen molar-refractivity contribution in [3.8, 4) is 5.69 Å². The Bertz CT molecular complexity index is 1400. The number of nitrogens with zero attached hydrogens (tertiary/aromatic N) is 5. The predicted octanol–water partition coefficient (Wildman–Crippen LogP) is 4.89. The Hall–Kier alpha value is -3.75. The van der Waals surface area contributed by atoms with Gasteiger partial charge in [0.05, 0.1) is 43.2 Å². The first-order chi connectivity index (χ1) is 18.6. The molecule has 0 aliphatic carbocycles. The Labute approximate surface area is 229 Å². The van der Waals surface area contributed by atoms with E-state index < -0.39 is 0 Å². The van der Waals surface area contributed by atoms with Crippen molar-refractivity contribution in [3.05, 3.63) is 107 Å². The molecule has 3 aromatic heterocycles. The lowest BCUT2D eigenvalue weighted by Crippen LogP contribution is -2.36. The second kappa shape index (κ2) is 10.6. The second-order valence-corrected chi connectivity index (χ2v) is 10.2. The summed E-state index contributed by atoms with van der Waals surface area (Å²) in [6, 6.07) is 23.1. The van der Waals surface area contributed by atoms with Crippen molar-refractivity contribution in [2.45, 2.75) is 32.5 Å². The molecular formula is C30H32N6OS. The summed E-state index contributed by atoms with van der Waals surface area (Å²) >= 11 is 5.89. The van der Waals surface area contributed by atoms with Crippen LogP contribution in [0.4, 0.5) is 5.69 Å². The number of aryl methyl sites for hydroxylation is 1. The van der Waals surface area contributed by atoms with E-state index in [4.69, 9.17) is 21.9 Å². The minimum absolute atomic E-state index is 0.0213. The fourth-order valence-corrected chi connectivity index (χ4v) is 6.00. The molecule has 0 amide bonds. The molecule has 0 unspecified atom stereocenters. The summed E-state index contributed by atoms with van der Waals surface area (Å²) in [5, 5.41) is 4.29. The van der Waals surface area contributed by atoms with Crippen LogP contribution in [0.15, 0.2) is 79.1 Å². The Morgan fingerprint density at radius 2 is 1.63 bits per heavy atom. The minimum Gasteiger partial charge on any atom is -0.378 e. The number of benzene rings is 1. The molecule has 4 aromatic rings. The van der Waals surface area contributed by atoms with Crippen molar-refractivity contribution in [1.29, 1.82) is 0 Å². The zero-order valence-corrected chi connectivity index (χ0v) is 22.6. The number of nitrogens with one attached hydrogen (secondary N) is 1. The summed E-state index contributed by atoms with van der Waals surface area (Å²) in [5.41, 5.74) is 7.97. The van der Waals surface area contributed by atoms with Crippen LogP contribution < -0.4 is 10.2 Å². The van der Waals surface area contributed by atoms with Gasteiger partial charge in [0.1, 0.15) is 0 Å². The highest BCUT2D eigenvalue weighted by atomic mass is 32.1. The Morgan fingerprint density at radius 3 is 2.32 bits per heavy atom.